The van der Waals surface area contributed by atoms with E-state index in [1.165, 1.54) is 0 Å². The van der Waals surface area contributed by atoms with Crippen molar-refractivity contribution in [3.63, 3.8) is 0 Å². The van der Waals surface area contributed by atoms with Crippen LogP contribution in [0.5, 0.6) is 0 Å². The van der Waals surface area contributed by atoms with Gasteiger partial charge in [-0.25, -0.2) is 9.97 Å². The summed E-state index contributed by atoms with van der Waals surface area (Å²) < 4.78 is 0. The number of pyridine rings is 1. The van der Waals surface area contributed by atoms with Crippen molar-refractivity contribution in [1.82, 2.24) is 19.9 Å². The van der Waals surface area contributed by atoms with Crippen LogP contribution in [0.15, 0.2) is 55.0 Å². The number of hydrogen-bond acceptors (Lipinski definition) is 5. The lowest BCUT2D eigenvalue weighted by molar-refractivity contribution is 0.0742. The number of benzene rings is 1. The summed E-state index contributed by atoms with van der Waals surface area (Å²) in [4.78, 5) is 29.7. The molecule has 1 aliphatic rings. The van der Waals surface area contributed by atoms with Crippen molar-refractivity contribution >= 4 is 22.6 Å². The molecule has 0 atom stereocenters. The summed E-state index contributed by atoms with van der Waals surface area (Å²) in [6, 6.07) is 11.6. The van der Waals surface area contributed by atoms with E-state index in [2.05, 4.69) is 19.9 Å². The van der Waals surface area contributed by atoms with Crippen LogP contribution in [0.25, 0.3) is 10.8 Å². The van der Waals surface area contributed by atoms with Crippen molar-refractivity contribution < 1.29 is 4.79 Å². The SMILES string of the molecule is O=C(c1nccc2ccccc12)N1CCN(c2ncccn2)CC1. The Hall–Kier alpha value is -3.02. The van der Waals surface area contributed by atoms with E-state index in [-0.39, 0.29) is 5.91 Å². The third-order valence-corrected chi connectivity index (χ3v) is 4.28. The monoisotopic (exact) mass is 319 g/mol. The molecule has 3 aromatic rings. The van der Waals surface area contributed by atoms with E-state index >= 15 is 0 Å². The molecule has 0 radical (unpaired) electrons. The topological polar surface area (TPSA) is 62.2 Å². The normalized spacial score (nSPS) is 14.8. The Morgan fingerprint density at radius 2 is 1.58 bits per heavy atom. The number of fused-ring (bicyclic) bond motifs is 1. The first-order chi connectivity index (χ1) is 11.8. The van der Waals surface area contributed by atoms with E-state index in [0.29, 0.717) is 24.7 Å². The van der Waals surface area contributed by atoms with Gasteiger partial charge < -0.3 is 9.80 Å². The third kappa shape index (κ3) is 2.67. The van der Waals surface area contributed by atoms with E-state index in [1.807, 2.05) is 35.2 Å². The highest BCUT2D eigenvalue weighted by molar-refractivity contribution is 6.05. The molecule has 0 spiro atoms. The van der Waals surface area contributed by atoms with Crippen LogP contribution < -0.4 is 4.90 Å². The standard InChI is InChI=1S/C18H17N5O/c24-17(16-15-5-2-1-4-14(15)6-9-19-16)22-10-12-23(13-11-22)18-20-7-3-8-21-18/h1-9H,10-13H2. The van der Waals surface area contributed by atoms with Crippen molar-refractivity contribution in [2.24, 2.45) is 0 Å². The summed E-state index contributed by atoms with van der Waals surface area (Å²) in [6.45, 7) is 2.73. The molecule has 2 aromatic heterocycles. The van der Waals surface area contributed by atoms with E-state index in [0.717, 1.165) is 23.9 Å². The van der Waals surface area contributed by atoms with Crippen LogP contribution in [-0.4, -0.2) is 51.9 Å². The molecule has 1 saturated heterocycles. The summed E-state index contributed by atoms with van der Waals surface area (Å²) in [6.07, 6.45) is 5.17. The summed E-state index contributed by atoms with van der Waals surface area (Å²) >= 11 is 0. The first-order valence-corrected chi connectivity index (χ1v) is 7.98. The number of carbonyl (C=O) groups is 1. The minimum atomic E-state index is -0.0135. The number of aromatic nitrogens is 3. The minimum Gasteiger partial charge on any atom is -0.337 e. The van der Waals surface area contributed by atoms with Gasteiger partial charge in [0.15, 0.2) is 0 Å². The van der Waals surface area contributed by atoms with Gasteiger partial charge in [0.2, 0.25) is 5.95 Å². The van der Waals surface area contributed by atoms with Crippen molar-refractivity contribution in [2.45, 2.75) is 0 Å². The molecule has 6 nitrogen and oxygen atoms in total. The fourth-order valence-electron chi connectivity index (χ4n) is 3.00. The molecule has 0 N–H and O–H groups in total. The third-order valence-electron chi connectivity index (χ3n) is 4.28. The van der Waals surface area contributed by atoms with Crippen LogP contribution in [0.1, 0.15) is 10.5 Å². The molecule has 6 heteroatoms. The first kappa shape index (κ1) is 14.6. The minimum absolute atomic E-state index is 0.0135. The Kier molecular flexibility index (Phi) is 3.78. The van der Waals surface area contributed by atoms with Crippen LogP contribution >= 0.6 is 0 Å². The Bertz CT molecular complexity index is 854. The summed E-state index contributed by atoms with van der Waals surface area (Å²) in [5, 5.41) is 1.94. The molecule has 1 amide bonds. The number of hydrogen-bond donors (Lipinski definition) is 0. The molecular formula is C18H17N5O. The highest BCUT2D eigenvalue weighted by Gasteiger charge is 2.25. The number of rotatable bonds is 2. The van der Waals surface area contributed by atoms with E-state index < -0.39 is 0 Å². The van der Waals surface area contributed by atoms with E-state index in [9.17, 15) is 4.79 Å². The average molecular weight is 319 g/mol. The zero-order valence-corrected chi connectivity index (χ0v) is 13.2. The van der Waals surface area contributed by atoms with Crippen LogP contribution in [0.4, 0.5) is 5.95 Å². The highest BCUT2D eigenvalue weighted by Crippen LogP contribution is 2.19. The van der Waals surface area contributed by atoms with Gasteiger partial charge in [0, 0.05) is 50.2 Å². The molecule has 1 fully saturated rings. The molecule has 3 heterocycles. The fourth-order valence-corrected chi connectivity index (χ4v) is 3.00. The fraction of sp³-hybridized carbons (Fsp3) is 0.222. The second-order valence-corrected chi connectivity index (χ2v) is 5.71. The first-order valence-electron chi connectivity index (χ1n) is 7.98. The van der Waals surface area contributed by atoms with Gasteiger partial charge in [-0.2, -0.15) is 0 Å². The quantitative estimate of drug-likeness (QED) is 0.723. The van der Waals surface area contributed by atoms with Crippen LogP contribution in [0, 0.1) is 0 Å². The Labute approximate surface area is 139 Å². The summed E-state index contributed by atoms with van der Waals surface area (Å²) in [5.41, 5.74) is 0.525. The number of anilines is 1. The Morgan fingerprint density at radius 1 is 0.833 bits per heavy atom. The van der Waals surface area contributed by atoms with Gasteiger partial charge in [0.05, 0.1) is 0 Å². The Balaban J connectivity index is 1.52. The lowest BCUT2D eigenvalue weighted by Crippen LogP contribution is -2.49. The molecule has 4 rings (SSSR count). The maximum atomic E-state index is 12.9. The number of piperazine rings is 1. The zero-order chi connectivity index (χ0) is 16.4. The molecule has 24 heavy (non-hydrogen) atoms. The van der Waals surface area contributed by atoms with Crippen molar-refractivity contribution in [2.75, 3.05) is 31.1 Å². The lowest BCUT2D eigenvalue weighted by atomic mass is 10.1. The summed E-state index contributed by atoms with van der Waals surface area (Å²) in [7, 11) is 0. The van der Waals surface area contributed by atoms with Gasteiger partial charge in [-0.1, -0.05) is 24.3 Å². The highest BCUT2D eigenvalue weighted by atomic mass is 16.2. The number of carbonyl (C=O) groups excluding carboxylic acids is 1. The molecule has 120 valence electrons. The average Bonchev–Trinajstić information content (AvgIpc) is 2.68. The zero-order valence-electron chi connectivity index (χ0n) is 13.2. The van der Waals surface area contributed by atoms with Gasteiger partial charge in [-0.05, 0) is 17.5 Å². The van der Waals surface area contributed by atoms with Crippen molar-refractivity contribution in [1.29, 1.82) is 0 Å². The predicted octanol–water partition coefficient (Wildman–Crippen LogP) is 1.99. The van der Waals surface area contributed by atoms with Gasteiger partial charge in [-0.3, -0.25) is 9.78 Å². The summed E-state index contributed by atoms with van der Waals surface area (Å²) in [5.74, 6) is 0.702. The lowest BCUT2D eigenvalue weighted by Gasteiger charge is -2.34. The second-order valence-electron chi connectivity index (χ2n) is 5.71. The molecule has 0 aliphatic carbocycles. The maximum Gasteiger partial charge on any atom is 0.273 e. The van der Waals surface area contributed by atoms with Crippen LogP contribution in [-0.2, 0) is 0 Å². The van der Waals surface area contributed by atoms with Gasteiger partial charge >= 0.3 is 0 Å². The van der Waals surface area contributed by atoms with E-state index in [4.69, 9.17) is 0 Å². The Morgan fingerprint density at radius 3 is 2.38 bits per heavy atom. The van der Waals surface area contributed by atoms with E-state index in [1.54, 1.807) is 24.7 Å². The van der Waals surface area contributed by atoms with Crippen molar-refractivity contribution in [3.8, 4) is 0 Å². The molecule has 0 unspecified atom stereocenters. The number of nitrogens with zero attached hydrogens (tertiary/aromatic N) is 5. The number of amides is 1. The molecule has 1 aromatic carbocycles. The van der Waals surface area contributed by atoms with Crippen LogP contribution in [0.3, 0.4) is 0 Å². The second kappa shape index (κ2) is 6.23. The maximum absolute atomic E-state index is 12.9. The van der Waals surface area contributed by atoms with Crippen molar-refractivity contribution in [3.05, 3.63) is 60.7 Å². The largest absolute Gasteiger partial charge is 0.337 e. The predicted molar refractivity (Wildman–Crippen MR) is 91.9 cm³/mol. The van der Waals surface area contributed by atoms with Gasteiger partial charge in [0.25, 0.3) is 5.91 Å². The molecule has 1 aliphatic heterocycles. The molecular weight excluding hydrogens is 302 g/mol. The molecule has 0 saturated carbocycles. The van der Waals surface area contributed by atoms with Crippen LogP contribution in [0.2, 0.25) is 0 Å². The van der Waals surface area contributed by atoms with Gasteiger partial charge in [0.1, 0.15) is 5.69 Å². The molecule has 0 bridgehead atoms. The smallest absolute Gasteiger partial charge is 0.273 e. The van der Waals surface area contributed by atoms with Gasteiger partial charge in [-0.15, -0.1) is 0 Å².